The van der Waals surface area contributed by atoms with E-state index in [1.165, 1.54) is 0 Å². The number of hydrogen-bond donors (Lipinski definition) is 3. The number of nitrogens with zero attached hydrogens (tertiary/aromatic N) is 1. The Morgan fingerprint density at radius 3 is 2.11 bits per heavy atom. The van der Waals surface area contributed by atoms with Gasteiger partial charge in [-0.25, -0.2) is 0 Å². The van der Waals surface area contributed by atoms with Crippen molar-refractivity contribution < 1.29 is 10.2 Å². The van der Waals surface area contributed by atoms with Crippen molar-refractivity contribution >= 4 is 5.69 Å². The van der Waals surface area contributed by atoms with E-state index in [9.17, 15) is 10.2 Å². The first kappa shape index (κ1) is 15.0. The number of aliphatic hydroxyl groups excluding tert-OH is 2. The van der Waals surface area contributed by atoms with Crippen LogP contribution in [-0.4, -0.2) is 43.0 Å². The van der Waals surface area contributed by atoms with Gasteiger partial charge in [0.1, 0.15) is 0 Å². The van der Waals surface area contributed by atoms with E-state index in [0.717, 1.165) is 11.3 Å². The molecule has 4 heteroatoms. The van der Waals surface area contributed by atoms with E-state index >= 15 is 0 Å². The lowest BCUT2D eigenvalue weighted by Gasteiger charge is -2.22. The van der Waals surface area contributed by atoms with Crippen LogP contribution in [0.15, 0.2) is 24.3 Å². The molecular formula is C14H24N2O2. The van der Waals surface area contributed by atoms with Crippen molar-refractivity contribution in [3.05, 3.63) is 29.8 Å². The van der Waals surface area contributed by atoms with Crippen molar-refractivity contribution in [1.82, 2.24) is 5.32 Å². The summed E-state index contributed by atoms with van der Waals surface area (Å²) in [7, 11) is 3.97. The second kappa shape index (κ2) is 6.73. The van der Waals surface area contributed by atoms with Gasteiger partial charge in [0.2, 0.25) is 0 Å². The van der Waals surface area contributed by atoms with Crippen LogP contribution in [0.2, 0.25) is 0 Å². The molecule has 18 heavy (non-hydrogen) atoms. The molecule has 3 N–H and O–H groups in total. The highest BCUT2D eigenvalue weighted by Gasteiger charge is 2.16. The summed E-state index contributed by atoms with van der Waals surface area (Å²) in [5.74, 6) is 0. The Labute approximate surface area is 109 Å². The zero-order valence-electron chi connectivity index (χ0n) is 11.6. The maximum absolute atomic E-state index is 10.2. The molecule has 0 aliphatic rings. The highest BCUT2D eigenvalue weighted by molar-refractivity contribution is 5.46. The van der Waals surface area contributed by atoms with E-state index in [1.54, 1.807) is 6.92 Å². The number of anilines is 1. The fourth-order valence-electron chi connectivity index (χ4n) is 1.73. The SMILES string of the molecule is CC(O)CNC(C)C(O)c1ccc(N(C)C)cc1. The summed E-state index contributed by atoms with van der Waals surface area (Å²) in [6, 6.07) is 7.74. The number of nitrogens with one attached hydrogen (secondary N) is 1. The molecule has 0 amide bonds. The second-order valence-corrected chi connectivity index (χ2v) is 4.98. The summed E-state index contributed by atoms with van der Waals surface area (Å²) in [5.41, 5.74) is 1.99. The predicted molar refractivity (Wildman–Crippen MR) is 74.9 cm³/mol. The smallest absolute Gasteiger partial charge is 0.0940 e. The van der Waals surface area contributed by atoms with Crippen molar-refractivity contribution in [3.8, 4) is 0 Å². The second-order valence-electron chi connectivity index (χ2n) is 4.98. The normalized spacial score (nSPS) is 16.1. The first-order valence-corrected chi connectivity index (χ1v) is 6.28. The number of rotatable bonds is 6. The van der Waals surface area contributed by atoms with Crippen LogP contribution in [0.4, 0.5) is 5.69 Å². The van der Waals surface area contributed by atoms with Gasteiger partial charge >= 0.3 is 0 Å². The summed E-state index contributed by atoms with van der Waals surface area (Å²) in [6.45, 7) is 4.11. The molecular weight excluding hydrogens is 228 g/mol. The van der Waals surface area contributed by atoms with Crippen molar-refractivity contribution in [2.75, 3.05) is 25.5 Å². The van der Waals surface area contributed by atoms with Gasteiger partial charge in [0.25, 0.3) is 0 Å². The zero-order chi connectivity index (χ0) is 13.7. The molecule has 0 spiro atoms. The lowest BCUT2D eigenvalue weighted by atomic mass is 10.0. The molecule has 0 heterocycles. The highest BCUT2D eigenvalue weighted by atomic mass is 16.3. The van der Waals surface area contributed by atoms with Gasteiger partial charge in [-0.1, -0.05) is 12.1 Å². The molecule has 0 aliphatic carbocycles. The number of aliphatic hydroxyl groups is 2. The summed E-state index contributed by atoms with van der Waals surface area (Å²) in [6.07, 6.45) is -0.976. The van der Waals surface area contributed by atoms with Crippen molar-refractivity contribution in [3.63, 3.8) is 0 Å². The Bertz CT molecular complexity index is 349. The van der Waals surface area contributed by atoms with Gasteiger partial charge in [-0.3, -0.25) is 0 Å². The molecule has 0 fully saturated rings. The minimum absolute atomic E-state index is 0.0928. The van der Waals surface area contributed by atoms with Crippen molar-refractivity contribution in [2.24, 2.45) is 0 Å². The zero-order valence-corrected chi connectivity index (χ0v) is 11.6. The lowest BCUT2D eigenvalue weighted by molar-refractivity contribution is 0.121. The minimum Gasteiger partial charge on any atom is -0.392 e. The van der Waals surface area contributed by atoms with Gasteiger partial charge in [-0.05, 0) is 31.5 Å². The summed E-state index contributed by atoms with van der Waals surface area (Å²) in [5, 5.41) is 22.5. The quantitative estimate of drug-likeness (QED) is 0.711. The van der Waals surface area contributed by atoms with Crippen LogP contribution in [0.25, 0.3) is 0 Å². The first-order chi connectivity index (χ1) is 8.41. The number of hydrogen-bond acceptors (Lipinski definition) is 4. The molecule has 3 atom stereocenters. The topological polar surface area (TPSA) is 55.7 Å². The Morgan fingerprint density at radius 1 is 1.11 bits per heavy atom. The van der Waals surface area contributed by atoms with Gasteiger partial charge in [0.15, 0.2) is 0 Å². The van der Waals surface area contributed by atoms with Crippen LogP contribution in [-0.2, 0) is 0 Å². The molecule has 0 aromatic heterocycles. The third-order valence-corrected chi connectivity index (χ3v) is 2.96. The van der Waals surface area contributed by atoms with E-state index in [0.29, 0.717) is 6.54 Å². The molecule has 1 aromatic carbocycles. The molecule has 0 radical (unpaired) electrons. The van der Waals surface area contributed by atoms with E-state index in [1.807, 2.05) is 50.2 Å². The van der Waals surface area contributed by atoms with Gasteiger partial charge in [-0.15, -0.1) is 0 Å². The van der Waals surface area contributed by atoms with Crippen LogP contribution < -0.4 is 10.2 Å². The van der Waals surface area contributed by atoms with Crippen LogP contribution in [0.1, 0.15) is 25.5 Å². The molecule has 4 nitrogen and oxygen atoms in total. The third kappa shape index (κ3) is 4.29. The monoisotopic (exact) mass is 252 g/mol. The standard InChI is InChI=1S/C14H24N2O2/c1-10(17)9-15-11(2)14(18)12-5-7-13(8-6-12)16(3)4/h5-8,10-11,14-15,17-18H,9H2,1-4H3. The number of benzene rings is 1. The van der Waals surface area contributed by atoms with Crippen LogP contribution in [0.5, 0.6) is 0 Å². The Morgan fingerprint density at radius 2 is 1.67 bits per heavy atom. The molecule has 0 aliphatic heterocycles. The maximum Gasteiger partial charge on any atom is 0.0940 e. The van der Waals surface area contributed by atoms with E-state index in [4.69, 9.17) is 0 Å². The average molecular weight is 252 g/mol. The molecule has 102 valence electrons. The van der Waals surface area contributed by atoms with Crippen LogP contribution >= 0.6 is 0 Å². The van der Waals surface area contributed by atoms with Crippen LogP contribution in [0.3, 0.4) is 0 Å². The molecule has 0 saturated carbocycles. The predicted octanol–water partition coefficient (Wildman–Crippen LogP) is 1.14. The molecule has 1 aromatic rings. The molecule has 1 rings (SSSR count). The summed E-state index contributed by atoms with van der Waals surface area (Å²) in [4.78, 5) is 2.02. The van der Waals surface area contributed by atoms with Crippen LogP contribution in [0, 0.1) is 0 Å². The van der Waals surface area contributed by atoms with Crippen molar-refractivity contribution in [2.45, 2.75) is 32.1 Å². The Hall–Kier alpha value is -1.10. The summed E-state index contributed by atoms with van der Waals surface area (Å²) >= 11 is 0. The summed E-state index contributed by atoms with van der Waals surface area (Å²) < 4.78 is 0. The fraction of sp³-hybridized carbons (Fsp3) is 0.571. The Kier molecular flexibility index (Phi) is 5.59. The minimum atomic E-state index is -0.569. The van der Waals surface area contributed by atoms with Gasteiger partial charge in [0, 0.05) is 32.4 Å². The molecule has 0 saturated heterocycles. The maximum atomic E-state index is 10.2. The van der Waals surface area contributed by atoms with Gasteiger partial charge in [-0.2, -0.15) is 0 Å². The largest absolute Gasteiger partial charge is 0.392 e. The molecule has 0 bridgehead atoms. The fourth-order valence-corrected chi connectivity index (χ4v) is 1.73. The highest BCUT2D eigenvalue weighted by Crippen LogP contribution is 2.20. The third-order valence-electron chi connectivity index (χ3n) is 2.96. The Balaban J connectivity index is 2.62. The average Bonchev–Trinajstić information content (AvgIpc) is 2.35. The van der Waals surface area contributed by atoms with E-state index in [2.05, 4.69) is 5.32 Å². The van der Waals surface area contributed by atoms with Gasteiger partial charge < -0.3 is 20.4 Å². The lowest BCUT2D eigenvalue weighted by Crippen LogP contribution is -2.36. The molecule has 3 unspecified atom stereocenters. The van der Waals surface area contributed by atoms with Crippen molar-refractivity contribution in [1.29, 1.82) is 0 Å². The first-order valence-electron chi connectivity index (χ1n) is 6.28. The van der Waals surface area contributed by atoms with E-state index < -0.39 is 12.2 Å². The van der Waals surface area contributed by atoms with Gasteiger partial charge in [0.05, 0.1) is 12.2 Å². The van der Waals surface area contributed by atoms with E-state index in [-0.39, 0.29) is 6.04 Å².